The van der Waals surface area contributed by atoms with Crippen LogP contribution in [0.15, 0.2) is 46.3 Å². The number of hydrogen-bond donors (Lipinski definition) is 1. The van der Waals surface area contributed by atoms with Crippen LogP contribution in [0.1, 0.15) is 31.7 Å². The van der Waals surface area contributed by atoms with Crippen LogP contribution in [0.3, 0.4) is 0 Å². The lowest BCUT2D eigenvalue weighted by atomic mass is 10.2. The number of nitrogens with one attached hydrogen (secondary N) is 1. The van der Waals surface area contributed by atoms with Gasteiger partial charge in [0.25, 0.3) is 0 Å². The summed E-state index contributed by atoms with van der Waals surface area (Å²) in [6.07, 6.45) is 0.918. The molecule has 0 bridgehead atoms. The van der Waals surface area contributed by atoms with E-state index in [9.17, 15) is 13.2 Å². The molecule has 0 aliphatic heterocycles. The summed E-state index contributed by atoms with van der Waals surface area (Å²) in [5, 5.41) is 13.0. The highest BCUT2D eigenvalue weighted by atomic mass is 32.2. The first kappa shape index (κ1) is 23.2. The summed E-state index contributed by atoms with van der Waals surface area (Å²) >= 11 is 1.32. The Kier molecular flexibility index (Phi) is 7.63. The van der Waals surface area contributed by atoms with Crippen molar-refractivity contribution in [3.8, 4) is 0 Å². The van der Waals surface area contributed by atoms with Crippen LogP contribution in [-0.2, 0) is 26.0 Å². The zero-order chi connectivity index (χ0) is 22.4. The largest absolute Gasteiger partial charge is 0.465 e. The molecule has 0 radical (unpaired) electrons. The van der Waals surface area contributed by atoms with Crippen LogP contribution in [0.4, 0.5) is 0 Å². The van der Waals surface area contributed by atoms with Crippen LogP contribution in [0.5, 0.6) is 0 Å². The van der Waals surface area contributed by atoms with Crippen LogP contribution in [0, 0.1) is 6.92 Å². The van der Waals surface area contributed by atoms with Gasteiger partial charge in [0, 0.05) is 13.0 Å². The molecule has 31 heavy (non-hydrogen) atoms. The van der Waals surface area contributed by atoms with Gasteiger partial charge in [0.15, 0.2) is 11.5 Å². The molecule has 1 aromatic carbocycles. The smallest absolute Gasteiger partial charge is 0.319 e. The van der Waals surface area contributed by atoms with Crippen molar-refractivity contribution in [3.05, 3.63) is 47.8 Å². The van der Waals surface area contributed by atoms with Crippen molar-refractivity contribution in [1.29, 1.82) is 0 Å². The average Bonchev–Trinajstić information content (AvgIpc) is 3.14. The lowest BCUT2D eigenvalue weighted by Gasteiger charge is -2.12. The summed E-state index contributed by atoms with van der Waals surface area (Å²) in [4.78, 5) is 12.3. The minimum atomic E-state index is -3.61. The number of aryl methyl sites for hydroxylation is 1. The van der Waals surface area contributed by atoms with Crippen molar-refractivity contribution in [1.82, 2.24) is 24.5 Å². The fourth-order valence-electron chi connectivity index (χ4n) is 2.81. The van der Waals surface area contributed by atoms with Crippen molar-refractivity contribution >= 4 is 33.4 Å². The third-order valence-corrected chi connectivity index (χ3v) is 7.20. The minimum Gasteiger partial charge on any atom is -0.465 e. The maximum absolute atomic E-state index is 12.4. The Morgan fingerprint density at radius 1 is 1.16 bits per heavy atom. The van der Waals surface area contributed by atoms with Crippen LogP contribution in [-0.4, -0.2) is 52.6 Å². The number of thioether (sulfide) groups is 1. The van der Waals surface area contributed by atoms with Crippen LogP contribution in [0.2, 0.25) is 0 Å². The zero-order valence-corrected chi connectivity index (χ0v) is 19.2. The molecule has 3 aromatic rings. The number of sulfonamides is 1. The van der Waals surface area contributed by atoms with E-state index in [-0.39, 0.29) is 22.7 Å². The highest BCUT2D eigenvalue weighted by Gasteiger charge is 2.21. The third kappa shape index (κ3) is 5.81. The van der Waals surface area contributed by atoms with Gasteiger partial charge >= 0.3 is 5.97 Å². The Hall–Kier alpha value is -2.50. The van der Waals surface area contributed by atoms with Crippen molar-refractivity contribution in [2.45, 2.75) is 48.8 Å². The number of nitrogens with zero attached hydrogens (tertiary/aromatic N) is 4. The van der Waals surface area contributed by atoms with Gasteiger partial charge in [-0.25, -0.2) is 13.1 Å². The molecule has 0 saturated carbocycles. The first-order valence-electron chi connectivity index (χ1n) is 9.95. The van der Waals surface area contributed by atoms with Gasteiger partial charge in [-0.3, -0.25) is 4.79 Å². The van der Waals surface area contributed by atoms with E-state index >= 15 is 0 Å². The van der Waals surface area contributed by atoms with Crippen molar-refractivity contribution < 1.29 is 17.9 Å². The molecule has 0 aliphatic rings. The van der Waals surface area contributed by atoms with Gasteiger partial charge in [-0.1, -0.05) is 36.4 Å². The highest BCUT2D eigenvalue weighted by molar-refractivity contribution is 8.00. The molecule has 0 aliphatic carbocycles. The number of carbonyl (C=O) groups excluding carboxylic acids is 1. The number of ether oxygens (including phenoxy) is 1. The molecule has 166 valence electrons. The molecule has 0 amide bonds. The predicted octanol–water partition coefficient (Wildman–Crippen LogP) is 2.39. The summed E-state index contributed by atoms with van der Waals surface area (Å²) in [6, 6.07) is 10.2. The van der Waals surface area contributed by atoms with Crippen molar-refractivity contribution in [3.63, 3.8) is 0 Å². The quantitative estimate of drug-likeness (QED) is 0.360. The van der Waals surface area contributed by atoms with Crippen LogP contribution < -0.4 is 4.72 Å². The van der Waals surface area contributed by atoms with Crippen molar-refractivity contribution in [2.75, 3.05) is 13.2 Å². The Morgan fingerprint density at radius 3 is 2.58 bits per heavy atom. The summed E-state index contributed by atoms with van der Waals surface area (Å²) in [6.45, 7) is 6.07. The molecule has 1 unspecified atom stereocenters. The number of esters is 1. The first-order valence-corrected chi connectivity index (χ1v) is 12.3. The number of aromatic nitrogens is 4. The Bertz CT molecular complexity index is 1150. The Morgan fingerprint density at radius 2 is 1.90 bits per heavy atom. The van der Waals surface area contributed by atoms with Gasteiger partial charge in [0.2, 0.25) is 10.0 Å². The molecule has 2 aromatic heterocycles. The first-order chi connectivity index (χ1) is 14.8. The number of benzene rings is 1. The lowest BCUT2D eigenvalue weighted by Crippen LogP contribution is -2.26. The van der Waals surface area contributed by atoms with Gasteiger partial charge in [-0.2, -0.15) is 9.61 Å². The van der Waals surface area contributed by atoms with E-state index in [0.29, 0.717) is 35.9 Å². The van der Waals surface area contributed by atoms with E-state index in [4.69, 9.17) is 4.74 Å². The Balaban J connectivity index is 1.69. The van der Waals surface area contributed by atoms with E-state index in [1.165, 1.54) is 11.8 Å². The zero-order valence-electron chi connectivity index (χ0n) is 17.6. The number of hydrogen-bond acceptors (Lipinski definition) is 8. The molecular formula is C20H25N5O4S2. The van der Waals surface area contributed by atoms with Crippen molar-refractivity contribution in [2.24, 2.45) is 0 Å². The lowest BCUT2D eigenvalue weighted by molar-refractivity contribution is -0.142. The molecule has 0 spiro atoms. The maximum Gasteiger partial charge on any atom is 0.319 e. The van der Waals surface area contributed by atoms with E-state index < -0.39 is 10.0 Å². The average molecular weight is 464 g/mol. The second-order valence-electron chi connectivity index (χ2n) is 6.79. The van der Waals surface area contributed by atoms with Gasteiger partial charge < -0.3 is 4.74 Å². The summed E-state index contributed by atoms with van der Waals surface area (Å²) in [5.74, 6) is 0.250. The second kappa shape index (κ2) is 10.2. The molecule has 9 nitrogen and oxygen atoms in total. The summed E-state index contributed by atoms with van der Waals surface area (Å²) < 4.78 is 34.1. The van der Waals surface area contributed by atoms with Gasteiger partial charge in [0.05, 0.1) is 11.5 Å². The van der Waals surface area contributed by atoms with E-state index in [2.05, 4.69) is 20.0 Å². The van der Waals surface area contributed by atoms with Crippen LogP contribution >= 0.6 is 11.8 Å². The molecule has 1 N–H and O–H groups in total. The molecule has 0 fully saturated rings. The predicted molar refractivity (Wildman–Crippen MR) is 117 cm³/mol. The number of fused-ring (bicyclic) bond motifs is 1. The SMILES string of the molecule is CCOC(=O)C(CC)Sc1ccc2nnc(CCNS(=O)(=O)c3ccc(C)cc3)n2n1. The van der Waals surface area contributed by atoms with Gasteiger partial charge in [-0.15, -0.1) is 10.2 Å². The fraction of sp³-hybridized carbons (Fsp3) is 0.400. The monoisotopic (exact) mass is 463 g/mol. The van der Waals surface area contributed by atoms with E-state index in [1.807, 2.05) is 13.8 Å². The molecule has 11 heteroatoms. The van der Waals surface area contributed by atoms with E-state index in [0.717, 1.165) is 5.56 Å². The molecule has 2 heterocycles. The Labute approximate surface area is 185 Å². The highest BCUT2D eigenvalue weighted by Crippen LogP contribution is 2.25. The summed E-state index contributed by atoms with van der Waals surface area (Å²) in [7, 11) is -3.61. The topological polar surface area (TPSA) is 116 Å². The molecule has 1 atom stereocenters. The maximum atomic E-state index is 12.4. The molecular weight excluding hydrogens is 438 g/mol. The van der Waals surface area contributed by atoms with Gasteiger partial charge in [0.1, 0.15) is 10.3 Å². The van der Waals surface area contributed by atoms with E-state index in [1.54, 1.807) is 47.8 Å². The number of rotatable bonds is 10. The molecule has 3 rings (SSSR count). The second-order valence-corrected chi connectivity index (χ2v) is 9.78. The fourth-order valence-corrected chi connectivity index (χ4v) is 4.74. The number of carbonyl (C=O) groups is 1. The minimum absolute atomic E-state index is 0.149. The van der Waals surface area contributed by atoms with Crippen LogP contribution in [0.25, 0.3) is 5.65 Å². The standard InChI is InChI=1S/C20H25N5O4S2/c1-4-16(20(26)29-5-2)30-19-11-10-17-22-23-18(25(17)24-19)12-13-21-31(27,28)15-8-6-14(3)7-9-15/h6-11,16,21H,4-5,12-13H2,1-3H3. The summed E-state index contributed by atoms with van der Waals surface area (Å²) in [5.41, 5.74) is 1.53. The third-order valence-electron chi connectivity index (χ3n) is 4.46. The molecule has 0 saturated heterocycles. The normalized spacial score (nSPS) is 12.7. The van der Waals surface area contributed by atoms with Gasteiger partial charge in [-0.05, 0) is 44.5 Å².